The highest BCUT2D eigenvalue weighted by atomic mass is 28.4. The van der Waals surface area contributed by atoms with Crippen molar-refractivity contribution < 1.29 is 18.8 Å². The fourth-order valence-electron chi connectivity index (χ4n) is 9.14. The molecule has 262 valence electrons. The van der Waals surface area contributed by atoms with Gasteiger partial charge in [0.1, 0.15) is 18.2 Å². The maximum Gasteiger partial charge on any atom is 0.326 e. The van der Waals surface area contributed by atoms with E-state index in [1.165, 1.54) is 76.7 Å². The minimum Gasteiger partial charge on any atom is -0.461 e. The normalized spacial score (nSPS) is 27.5. The van der Waals surface area contributed by atoms with Gasteiger partial charge in [0.15, 0.2) is 8.32 Å². The molecule has 0 unspecified atom stereocenters. The first-order valence-corrected chi connectivity index (χ1v) is 21.6. The van der Waals surface area contributed by atoms with Crippen molar-refractivity contribution in [3.8, 4) is 11.8 Å². The topological polar surface area (TPSA) is 74.0 Å². The average Bonchev–Trinajstić information content (AvgIpc) is 3.59. The molecule has 2 heterocycles. The van der Waals surface area contributed by atoms with Crippen molar-refractivity contribution in [2.45, 2.75) is 178 Å². The molecule has 6 nitrogen and oxygen atoms in total. The van der Waals surface area contributed by atoms with Gasteiger partial charge < -0.3 is 14.9 Å². The standard InChI is InChI=1S/C40H64N2O4Si/c1-30(2)47(31(3)4,26-16-21-33-17-11-8-6-7-9-12-18-33)44-29-36-37-32(5)45-39(43)38(37)42(46-36)28-35-20-15-19-34(27-35)22-25-40(41)23-13-10-14-24-40/h15,19-20,27,30-33,36-38H,6-14,16-18,21,23-24,26,28-29,41H2,1-5H3/t32-,36-,37+,38-/m0/s1. The third-order valence-corrected chi connectivity index (χ3v) is 17.8. The molecule has 2 aliphatic heterocycles. The van der Waals surface area contributed by atoms with Crippen LogP contribution in [0.5, 0.6) is 0 Å². The van der Waals surface area contributed by atoms with Gasteiger partial charge in [0.25, 0.3) is 0 Å². The van der Waals surface area contributed by atoms with Gasteiger partial charge in [-0.05, 0) is 60.5 Å². The lowest BCUT2D eigenvalue weighted by atomic mass is 9.83. The lowest BCUT2D eigenvalue weighted by Crippen LogP contribution is -2.47. The van der Waals surface area contributed by atoms with E-state index in [4.69, 9.17) is 19.7 Å². The summed E-state index contributed by atoms with van der Waals surface area (Å²) < 4.78 is 13.0. The maximum absolute atomic E-state index is 13.2. The Hall–Kier alpha value is -1.69. The Kier molecular flexibility index (Phi) is 13.1. The van der Waals surface area contributed by atoms with Gasteiger partial charge in [-0.1, -0.05) is 135 Å². The molecule has 0 bridgehead atoms. The van der Waals surface area contributed by atoms with E-state index in [9.17, 15) is 4.79 Å². The van der Waals surface area contributed by atoms with E-state index in [2.05, 4.69) is 51.7 Å². The number of hydrogen-bond donors (Lipinski definition) is 1. The molecule has 0 spiro atoms. The fourth-order valence-corrected chi connectivity index (χ4v) is 13.7. The van der Waals surface area contributed by atoms with Crippen molar-refractivity contribution in [3.63, 3.8) is 0 Å². The zero-order valence-electron chi connectivity index (χ0n) is 30.2. The monoisotopic (exact) mass is 664 g/mol. The number of fused-ring (bicyclic) bond motifs is 1. The third-order valence-electron chi connectivity index (χ3n) is 12.1. The average molecular weight is 665 g/mol. The van der Waals surface area contributed by atoms with Gasteiger partial charge in [0, 0.05) is 5.56 Å². The minimum absolute atomic E-state index is 0.0428. The largest absolute Gasteiger partial charge is 0.461 e. The fraction of sp³-hybridized carbons (Fsp3) is 0.775. The van der Waals surface area contributed by atoms with E-state index in [1.807, 2.05) is 24.1 Å². The van der Waals surface area contributed by atoms with Crippen molar-refractivity contribution in [3.05, 3.63) is 35.4 Å². The molecule has 4 atom stereocenters. The zero-order chi connectivity index (χ0) is 33.4. The van der Waals surface area contributed by atoms with Crippen LogP contribution in [0.3, 0.4) is 0 Å². The number of cyclic esters (lactones) is 1. The maximum atomic E-state index is 13.2. The number of nitrogens with two attached hydrogens (primary N) is 1. The van der Waals surface area contributed by atoms with E-state index in [-0.39, 0.29) is 29.6 Å². The number of esters is 1. The Labute approximate surface area is 287 Å². The van der Waals surface area contributed by atoms with Gasteiger partial charge >= 0.3 is 5.97 Å². The van der Waals surface area contributed by atoms with Crippen molar-refractivity contribution in [2.24, 2.45) is 17.6 Å². The van der Waals surface area contributed by atoms with E-state index >= 15 is 0 Å². The van der Waals surface area contributed by atoms with E-state index in [0.29, 0.717) is 24.2 Å². The molecule has 0 amide bonds. The van der Waals surface area contributed by atoms with Gasteiger partial charge in [-0.3, -0.25) is 9.63 Å². The highest BCUT2D eigenvalue weighted by Gasteiger charge is 2.57. The molecule has 4 fully saturated rings. The molecule has 2 saturated heterocycles. The molecule has 1 aromatic rings. The highest BCUT2D eigenvalue weighted by molar-refractivity contribution is 6.76. The van der Waals surface area contributed by atoms with Crippen LogP contribution in [0, 0.1) is 23.7 Å². The summed E-state index contributed by atoms with van der Waals surface area (Å²) in [7, 11) is -2.10. The van der Waals surface area contributed by atoms with Gasteiger partial charge in [0.2, 0.25) is 0 Å². The summed E-state index contributed by atoms with van der Waals surface area (Å²) in [6, 6.07) is 9.06. The van der Waals surface area contributed by atoms with Crippen molar-refractivity contribution in [1.29, 1.82) is 0 Å². The molecule has 1 aromatic carbocycles. The number of carbonyl (C=O) groups is 1. The second-order valence-corrected chi connectivity index (χ2v) is 21.1. The quantitative estimate of drug-likeness (QED) is 0.145. The first-order chi connectivity index (χ1) is 22.6. The number of nitrogens with zero attached hydrogens (tertiary/aromatic N) is 1. The first-order valence-electron chi connectivity index (χ1n) is 19.3. The predicted molar refractivity (Wildman–Crippen MR) is 193 cm³/mol. The van der Waals surface area contributed by atoms with E-state index < -0.39 is 14.4 Å². The number of hydrogen-bond acceptors (Lipinski definition) is 6. The summed E-state index contributed by atoms with van der Waals surface area (Å²) in [5.41, 5.74) is 9.26. The molecular formula is C40H64N2O4Si. The van der Waals surface area contributed by atoms with Crippen LogP contribution in [0.2, 0.25) is 17.1 Å². The van der Waals surface area contributed by atoms with Crippen LogP contribution in [0.1, 0.15) is 142 Å². The Morgan fingerprint density at radius 2 is 1.66 bits per heavy atom. The lowest BCUT2D eigenvalue weighted by Gasteiger charge is -2.40. The van der Waals surface area contributed by atoms with Crippen LogP contribution in [-0.2, 0) is 25.3 Å². The van der Waals surface area contributed by atoms with Crippen LogP contribution < -0.4 is 5.73 Å². The molecule has 2 aliphatic carbocycles. The molecule has 2 saturated carbocycles. The Morgan fingerprint density at radius 1 is 1.00 bits per heavy atom. The van der Waals surface area contributed by atoms with Crippen LogP contribution in [-0.4, -0.2) is 49.7 Å². The van der Waals surface area contributed by atoms with Crippen LogP contribution >= 0.6 is 0 Å². The Morgan fingerprint density at radius 3 is 2.34 bits per heavy atom. The Bertz CT molecular complexity index is 1200. The molecule has 47 heavy (non-hydrogen) atoms. The van der Waals surface area contributed by atoms with E-state index in [0.717, 1.165) is 42.7 Å². The van der Waals surface area contributed by atoms with Crippen molar-refractivity contribution >= 4 is 14.3 Å². The minimum atomic E-state index is -2.10. The van der Waals surface area contributed by atoms with Gasteiger partial charge in [0.05, 0.1) is 24.6 Å². The molecule has 0 radical (unpaired) electrons. The molecule has 5 rings (SSSR count). The van der Waals surface area contributed by atoms with Crippen LogP contribution in [0.4, 0.5) is 0 Å². The van der Waals surface area contributed by atoms with Crippen LogP contribution in [0.25, 0.3) is 0 Å². The van der Waals surface area contributed by atoms with Gasteiger partial charge in [-0.25, -0.2) is 0 Å². The molecule has 7 heteroatoms. The van der Waals surface area contributed by atoms with Crippen molar-refractivity contribution in [1.82, 2.24) is 5.06 Å². The second kappa shape index (κ2) is 16.8. The molecule has 0 aromatic heterocycles. The molecule has 4 aliphatic rings. The first kappa shape index (κ1) is 36.6. The highest BCUT2D eigenvalue weighted by Crippen LogP contribution is 2.43. The number of rotatable bonds is 11. The summed E-state index contributed by atoms with van der Waals surface area (Å²) >= 11 is 0. The van der Waals surface area contributed by atoms with Gasteiger partial charge in [-0.2, -0.15) is 5.06 Å². The predicted octanol–water partition coefficient (Wildman–Crippen LogP) is 9.06. The summed E-state index contributed by atoms with van der Waals surface area (Å²) in [5, 5.41) is 1.87. The van der Waals surface area contributed by atoms with Crippen LogP contribution in [0.15, 0.2) is 24.3 Å². The Balaban J connectivity index is 1.24. The van der Waals surface area contributed by atoms with Crippen molar-refractivity contribution in [2.75, 3.05) is 6.61 Å². The summed E-state index contributed by atoms with van der Waals surface area (Å²) in [6.45, 7) is 12.5. The summed E-state index contributed by atoms with van der Waals surface area (Å²) in [6.07, 6.45) is 19.0. The smallest absolute Gasteiger partial charge is 0.326 e. The number of benzene rings is 1. The molecular weight excluding hydrogens is 601 g/mol. The van der Waals surface area contributed by atoms with Gasteiger partial charge in [-0.15, -0.1) is 0 Å². The zero-order valence-corrected chi connectivity index (χ0v) is 31.2. The number of ether oxygens (including phenoxy) is 1. The number of hydroxylamine groups is 2. The number of carbonyl (C=O) groups excluding carboxylic acids is 1. The third kappa shape index (κ3) is 9.31. The summed E-state index contributed by atoms with van der Waals surface area (Å²) in [5.74, 6) is 7.38. The SMILES string of the molecule is CC(C)[Si](CCCC1CCCCCCCC1)(OC[C@@H]1ON(Cc2cccc(C#CC3(N)CCCCC3)c2)[C@@H]2C(=O)O[C@@H](C)[C@H]12)C(C)C. The molecule has 2 N–H and O–H groups in total. The lowest BCUT2D eigenvalue weighted by molar-refractivity contribution is -0.195. The second-order valence-electron chi connectivity index (χ2n) is 16.1. The van der Waals surface area contributed by atoms with E-state index in [1.54, 1.807) is 0 Å². The summed E-state index contributed by atoms with van der Waals surface area (Å²) in [4.78, 5) is 19.8.